The molecule has 0 spiro atoms. The quantitative estimate of drug-likeness (QED) is 0.857. The molecule has 0 saturated carbocycles. The number of nitrogens with zero attached hydrogens (tertiary/aromatic N) is 5. The molecular weight excluding hydrogens is 328 g/mol. The van der Waals surface area contributed by atoms with Crippen molar-refractivity contribution in [2.75, 3.05) is 25.4 Å². The summed E-state index contributed by atoms with van der Waals surface area (Å²) in [6, 6.07) is 6.22. The number of pyridine rings is 1. The highest BCUT2D eigenvalue weighted by molar-refractivity contribution is 5.38. The van der Waals surface area contributed by atoms with E-state index in [1.54, 1.807) is 6.20 Å². The second kappa shape index (κ2) is 7.73. The lowest BCUT2D eigenvalue weighted by Gasteiger charge is -2.29. The number of nitrogen functional groups attached to an aromatic ring is 1. The van der Waals surface area contributed by atoms with E-state index in [0.29, 0.717) is 5.82 Å². The summed E-state index contributed by atoms with van der Waals surface area (Å²) in [5.41, 5.74) is 9.47. The Kier molecular flexibility index (Phi) is 5.19. The molecule has 1 fully saturated rings. The number of β-amino-alcohol motifs (C(OH)–C–C–N with tert-alkyl or cyclic N) is 1. The first-order chi connectivity index (χ1) is 12.7. The number of aliphatic hydroxyl groups is 1. The second-order valence-electron chi connectivity index (χ2n) is 7.49. The lowest BCUT2D eigenvalue weighted by atomic mass is 10.1. The summed E-state index contributed by atoms with van der Waals surface area (Å²) in [6.45, 7) is 6.32. The van der Waals surface area contributed by atoms with Gasteiger partial charge in [-0.1, -0.05) is 6.07 Å². The van der Waals surface area contributed by atoms with Crippen LogP contribution in [0.2, 0.25) is 0 Å². The average molecular weight is 356 g/mol. The fourth-order valence-corrected chi connectivity index (χ4v) is 4.03. The number of rotatable bonds is 4. The molecule has 1 saturated heterocycles. The van der Waals surface area contributed by atoms with Gasteiger partial charge in [0.15, 0.2) is 0 Å². The number of likely N-dealkylation sites (tertiary alicyclic amines) is 1. The lowest BCUT2D eigenvalue weighted by Crippen LogP contribution is -2.37. The molecule has 0 bridgehead atoms. The highest BCUT2D eigenvalue weighted by Crippen LogP contribution is 2.19. The van der Waals surface area contributed by atoms with Crippen LogP contribution in [0.3, 0.4) is 0 Å². The molecule has 0 aromatic carbocycles. The van der Waals surface area contributed by atoms with E-state index in [-0.39, 0.29) is 6.10 Å². The molecule has 4 rings (SSSR count). The van der Waals surface area contributed by atoms with Crippen molar-refractivity contribution in [2.45, 2.75) is 51.5 Å². The molecule has 2 aliphatic heterocycles. The minimum absolute atomic E-state index is 0.190. The molecule has 0 unspecified atom stereocenters. The molecule has 140 valence electrons. The van der Waals surface area contributed by atoms with Crippen LogP contribution in [0.25, 0.3) is 0 Å². The van der Waals surface area contributed by atoms with Crippen molar-refractivity contribution >= 4 is 5.82 Å². The molecule has 2 aliphatic rings. The Hall–Kier alpha value is -1.96. The number of aromatic nitrogens is 3. The maximum Gasteiger partial charge on any atom is 0.127 e. The van der Waals surface area contributed by atoms with Crippen LogP contribution in [0.5, 0.6) is 0 Å². The van der Waals surface area contributed by atoms with Crippen LogP contribution in [0.15, 0.2) is 24.4 Å². The number of aliphatic hydroxyl groups excluding tert-OH is 1. The third-order valence-corrected chi connectivity index (χ3v) is 5.33. The van der Waals surface area contributed by atoms with Gasteiger partial charge in [-0.05, 0) is 37.9 Å². The van der Waals surface area contributed by atoms with Crippen LogP contribution in [-0.4, -0.2) is 55.4 Å². The number of fused-ring (bicyclic) bond motifs is 1. The molecule has 2 aromatic heterocycles. The molecular formula is C19H28N6O. The van der Waals surface area contributed by atoms with Gasteiger partial charge in [0.1, 0.15) is 5.82 Å². The zero-order valence-corrected chi connectivity index (χ0v) is 15.2. The zero-order chi connectivity index (χ0) is 17.9. The minimum atomic E-state index is -0.190. The first kappa shape index (κ1) is 17.5. The smallest absolute Gasteiger partial charge is 0.127 e. The largest absolute Gasteiger partial charge is 0.392 e. The topological polar surface area (TPSA) is 83.4 Å². The molecule has 3 N–H and O–H groups in total. The molecule has 0 aliphatic carbocycles. The summed E-state index contributed by atoms with van der Waals surface area (Å²) >= 11 is 0. The average Bonchev–Trinajstić information content (AvgIpc) is 2.88. The van der Waals surface area contributed by atoms with Crippen molar-refractivity contribution in [2.24, 2.45) is 0 Å². The molecule has 0 radical (unpaired) electrons. The van der Waals surface area contributed by atoms with E-state index in [9.17, 15) is 5.11 Å². The monoisotopic (exact) mass is 356 g/mol. The normalized spacial score (nSPS) is 22.1. The van der Waals surface area contributed by atoms with Gasteiger partial charge in [0.25, 0.3) is 0 Å². The van der Waals surface area contributed by atoms with Crippen LogP contribution in [0.1, 0.15) is 36.2 Å². The number of nitrogens with two attached hydrogens (primary N) is 1. The van der Waals surface area contributed by atoms with E-state index in [0.717, 1.165) is 76.3 Å². The molecule has 4 heterocycles. The van der Waals surface area contributed by atoms with E-state index in [1.807, 2.05) is 6.07 Å². The van der Waals surface area contributed by atoms with Crippen LogP contribution in [0.4, 0.5) is 5.82 Å². The summed E-state index contributed by atoms with van der Waals surface area (Å²) in [7, 11) is 0. The third kappa shape index (κ3) is 4.06. The predicted molar refractivity (Wildman–Crippen MR) is 100 cm³/mol. The Morgan fingerprint density at radius 3 is 2.88 bits per heavy atom. The third-order valence-electron chi connectivity index (χ3n) is 5.33. The van der Waals surface area contributed by atoms with Crippen LogP contribution in [0, 0.1) is 0 Å². The van der Waals surface area contributed by atoms with Gasteiger partial charge in [-0.2, -0.15) is 5.10 Å². The van der Waals surface area contributed by atoms with E-state index < -0.39 is 0 Å². The lowest BCUT2D eigenvalue weighted by molar-refractivity contribution is 0.0661. The Labute approximate surface area is 154 Å². The first-order valence-electron chi connectivity index (χ1n) is 9.55. The van der Waals surface area contributed by atoms with Crippen LogP contribution >= 0.6 is 0 Å². The maximum absolute atomic E-state index is 9.86. The van der Waals surface area contributed by atoms with E-state index in [2.05, 4.69) is 31.6 Å². The number of piperidine rings is 1. The molecule has 7 nitrogen and oxygen atoms in total. The molecule has 26 heavy (non-hydrogen) atoms. The standard InChI is InChI=1S/C19H28N6O/c20-19-15(4-1-6-21-19)11-23-8-3-9-25-17(13-23)10-16(22-25)12-24-7-2-5-18(26)14-24/h1,4,6,10,18,26H,2-3,5,7-9,11-14H2,(H2,20,21)/t18-/m0/s1. The van der Waals surface area contributed by atoms with Gasteiger partial charge in [-0.15, -0.1) is 0 Å². The molecule has 7 heteroatoms. The van der Waals surface area contributed by atoms with Crippen molar-refractivity contribution in [1.82, 2.24) is 24.6 Å². The Morgan fingerprint density at radius 1 is 1.15 bits per heavy atom. The van der Waals surface area contributed by atoms with Crippen molar-refractivity contribution in [3.8, 4) is 0 Å². The summed E-state index contributed by atoms with van der Waals surface area (Å²) in [6.07, 6.45) is 4.61. The van der Waals surface area contributed by atoms with Gasteiger partial charge in [-0.3, -0.25) is 14.5 Å². The fraction of sp³-hybridized carbons (Fsp3) is 0.579. The van der Waals surface area contributed by atoms with Crippen molar-refractivity contribution in [3.63, 3.8) is 0 Å². The summed E-state index contributed by atoms with van der Waals surface area (Å²) in [4.78, 5) is 8.92. The van der Waals surface area contributed by atoms with Gasteiger partial charge >= 0.3 is 0 Å². The molecule has 2 aromatic rings. The van der Waals surface area contributed by atoms with Gasteiger partial charge in [0.05, 0.1) is 17.5 Å². The summed E-state index contributed by atoms with van der Waals surface area (Å²) in [5.74, 6) is 0.620. The first-order valence-corrected chi connectivity index (χ1v) is 9.55. The number of hydrogen-bond donors (Lipinski definition) is 2. The van der Waals surface area contributed by atoms with E-state index in [1.165, 1.54) is 5.69 Å². The van der Waals surface area contributed by atoms with Gasteiger partial charge in [0, 0.05) is 51.0 Å². The number of aryl methyl sites for hydroxylation is 1. The van der Waals surface area contributed by atoms with Crippen LogP contribution < -0.4 is 5.73 Å². The Bertz CT molecular complexity index is 745. The SMILES string of the molecule is Nc1ncccc1CN1CCCn2nc(CN3CCC[C@H](O)C3)cc2C1. The zero-order valence-electron chi connectivity index (χ0n) is 15.2. The van der Waals surface area contributed by atoms with Gasteiger partial charge < -0.3 is 10.8 Å². The number of hydrogen-bond acceptors (Lipinski definition) is 6. The van der Waals surface area contributed by atoms with Gasteiger partial charge in [0.2, 0.25) is 0 Å². The Morgan fingerprint density at radius 2 is 2.04 bits per heavy atom. The summed E-state index contributed by atoms with van der Waals surface area (Å²) in [5, 5.41) is 14.7. The van der Waals surface area contributed by atoms with Crippen LogP contribution in [-0.2, 0) is 26.2 Å². The van der Waals surface area contributed by atoms with Crippen molar-refractivity contribution in [1.29, 1.82) is 0 Å². The summed E-state index contributed by atoms with van der Waals surface area (Å²) < 4.78 is 2.16. The van der Waals surface area contributed by atoms with Gasteiger partial charge in [-0.25, -0.2) is 4.98 Å². The highest BCUT2D eigenvalue weighted by Gasteiger charge is 2.21. The van der Waals surface area contributed by atoms with Crippen molar-refractivity contribution in [3.05, 3.63) is 41.3 Å². The van der Waals surface area contributed by atoms with E-state index >= 15 is 0 Å². The van der Waals surface area contributed by atoms with Crippen molar-refractivity contribution < 1.29 is 5.11 Å². The highest BCUT2D eigenvalue weighted by atomic mass is 16.3. The minimum Gasteiger partial charge on any atom is -0.392 e. The fourth-order valence-electron chi connectivity index (χ4n) is 4.03. The molecule has 0 amide bonds. The predicted octanol–water partition coefficient (Wildman–Crippen LogP) is 1.22. The number of anilines is 1. The van der Waals surface area contributed by atoms with E-state index in [4.69, 9.17) is 10.8 Å². The maximum atomic E-state index is 9.86. The molecule has 1 atom stereocenters. The Balaban J connectivity index is 1.43. The second-order valence-corrected chi connectivity index (χ2v) is 7.49.